The standard InChI is InChI=1S/C24H35N3O3/c1-17-13-14-20(16-25-17)22-26-23(30-27-22)19(15-21(28)29-24(2,3)4)12-8-11-18-9-6-5-7-10-18/h13-14,16,18-19H,5-12,15H2,1-4H3. The minimum Gasteiger partial charge on any atom is -0.460 e. The van der Waals surface area contributed by atoms with E-state index in [-0.39, 0.29) is 18.3 Å². The zero-order valence-electron chi connectivity index (χ0n) is 18.8. The maximum Gasteiger partial charge on any atom is 0.307 e. The van der Waals surface area contributed by atoms with Gasteiger partial charge < -0.3 is 9.26 Å². The summed E-state index contributed by atoms with van der Waals surface area (Å²) in [7, 11) is 0. The van der Waals surface area contributed by atoms with Crippen molar-refractivity contribution in [2.75, 3.05) is 0 Å². The maximum atomic E-state index is 12.5. The van der Waals surface area contributed by atoms with Gasteiger partial charge in [0.05, 0.1) is 6.42 Å². The predicted octanol–water partition coefficient (Wildman–Crippen LogP) is 6.01. The van der Waals surface area contributed by atoms with E-state index in [1.807, 2.05) is 39.8 Å². The van der Waals surface area contributed by atoms with Gasteiger partial charge in [-0.3, -0.25) is 9.78 Å². The van der Waals surface area contributed by atoms with Crippen LogP contribution in [0.1, 0.15) is 96.1 Å². The van der Waals surface area contributed by atoms with Crippen molar-refractivity contribution < 1.29 is 14.1 Å². The number of carbonyl (C=O) groups excluding carboxylic acids is 1. The SMILES string of the molecule is Cc1ccc(-c2noc(C(CCCC3CCCCC3)CC(=O)OC(C)(C)C)n2)cn1. The first kappa shape index (κ1) is 22.4. The highest BCUT2D eigenvalue weighted by Crippen LogP contribution is 2.32. The van der Waals surface area contributed by atoms with Crippen molar-refractivity contribution in [1.82, 2.24) is 15.1 Å². The Morgan fingerprint density at radius 3 is 2.67 bits per heavy atom. The molecule has 0 aliphatic heterocycles. The molecule has 0 bridgehead atoms. The van der Waals surface area contributed by atoms with E-state index in [1.54, 1.807) is 6.20 Å². The summed E-state index contributed by atoms with van der Waals surface area (Å²) in [5.74, 6) is 1.50. The molecular formula is C24H35N3O3. The van der Waals surface area contributed by atoms with Gasteiger partial charge in [-0.15, -0.1) is 0 Å². The van der Waals surface area contributed by atoms with Gasteiger partial charge in [0.1, 0.15) is 5.60 Å². The molecule has 3 rings (SSSR count). The number of aromatic nitrogens is 3. The van der Waals surface area contributed by atoms with Crippen molar-refractivity contribution >= 4 is 5.97 Å². The number of carbonyl (C=O) groups is 1. The molecule has 2 aromatic rings. The van der Waals surface area contributed by atoms with E-state index >= 15 is 0 Å². The summed E-state index contributed by atoms with van der Waals surface area (Å²) in [6.45, 7) is 7.60. The van der Waals surface area contributed by atoms with Gasteiger partial charge in [-0.25, -0.2) is 0 Å². The number of hydrogen-bond acceptors (Lipinski definition) is 6. The van der Waals surface area contributed by atoms with Crippen LogP contribution < -0.4 is 0 Å². The molecule has 0 N–H and O–H groups in total. The van der Waals surface area contributed by atoms with E-state index < -0.39 is 5.60 Å². The lowest BCUT2D eigenvalue weighted by atomic mass is 9.84. The van der Waals surface area contributed by atoms with Crippen molar-refractivity contribution in [3.05, 3.63) is 29.9 Å². The van der Waals surface area contributed by atoms with Gasteiger partial charge in [-0.2, -0.15) is 4.98 Å². The van der Waals surface area contributed by atoms with Gasteiger partial charge in [-0.1, -0.05) is 50.1 Å². The first-order valence-electron chi connectivity index (χ1n) is 11.3. The molecule has 164 valence electrons. The summed E-state index contributed by atoms with van der Waals surface area (Å²) in [6, 6.07) is 3.86. The van der Waals surface area contributed by atoms with E-state index in [1.165, 1.54) is 38.5 Å². The highest BCUT2D eigenvalue weighted by molar-refractivity contribution is 5.70. The average Bonchev–Trinajstić information content (AvgIpc) is 3.17. The number of hydrogen-bond donors (Lipinski definition) is 0. The van der Waals surface area contributed by atoms with Gasteiger partial charge in [0.25, 0.3) is 0 Å². The Balaban J connectivity index is 1.67. The summed E-state index contributed by atoms with van der Waals surface area (Å²) < 4.78 is 11.1. The molecule has 1 saturated carbocycles. The summed E-state index contributed by atoms with van der Waals surface area (Å²) in [5.41, 5.74) is 1.25. The predicted molar refractivity (Wildman–Crippen MR) is 116 cm³/mol. The van der Waals surface area contributed by atoms with E-state index in [0.717, 1.165) is 30.0 Å². The number of rotatable bonds is 8. The first-order valence-corrected chi connectivity index (χ1v) is 11.3. The monoisotopic (exact) mass is 413 g/mol. The third-order valence-corrected chi connectivity index (χ3v) is 5.68. The highest BCUT2D eigenvalue weighted by atomic mass is 16.6. The minimum atomic E-state index is -0.503. The highest BCUT2D eigenvalue weighted by Gasteiger charge is 2.26. The topological polar surface area (TPSA) is 78.1 Å². The lowest BCUT2D eigenvalue weighted by Crippen LogP contribution is -2.25. The van der Waals surface area contributed by atoms with Crippen LogP contribution in [0.25, 0.3) is 11.4 Å². The molecule has 1 aliphatic carbocycles. The van der Waals surface area contributed by atoms with Crippen LogP contribution in [0.2, 0.25) is 0 Å². The molecule has 2 heterocycles. The molecule has 6 heteroatoms. The zero-order valence-corrected chi connectivity index (χ0v) is 18.8. The molecule has 6 nitrogen and oxygen atoms in total. The van der Waals surface area contributed by atoms with Crippen LogP contribution in [-0.4, -0.2) is 26.7 Å². The molecule has 0 saturated heterocycles. The van der Waals surface area contributed by atoms with E-state index in [2.05, 4.69) is 15.1 Å². The van der Waals surface area contributed by atoms with Crippen molar-refractivity contribution in [2.24, 2.45) is 5.92 Å². The second-order valence-corrected chi connectivity index (χ2v) is 9.57. The van der Waals surface area contributed by atoms with Crippen LogP contribution in [0.4, 0.5) is 0 Å². The molecule has 0 aromatic carbocycles. The molecule has 2 aromatic heterocycles. The van der Waals surface area contributed by atoms with Crippen molar-refractivity contribution in [3.63, 3.8) is 0 Å². The molecule has 1 atom stereocenters. The molecule has 1 aliphatic rings. The molecule has 30 heavy (non-hydrogen) atoms. The largest absolute Gasteiger partial charge is 0.460 e. The van der Waals surface area contributed by atoms with E-state index in [4.69, 9.17) is 9.26 Å². The van der Waals surface area contributed by atoms with Gasteiger partial charge in [-0.05, 0) is 52.2 Å². The Morgan fingerprint density at radius 2 is 2.00 bits per heavy atom. The van der Waals surface area contributed by atoms with Gasteiger partial charge in [0.15, 0.2) is 0 Å². The lowest BCUT2D eigenvalue weighted by Gasteiger charge is -2.23. The minimum absolute atomic E-state index is 0.122. The second kappa shape index (κ2) is 10.2. The van der Waals surface area contributed by atoms with Crippen molar-refractivity contribution in [2.45, 2.75) is 97.0 Å². The first-order chi connectivity index (χ1) is 14.3. The summed E-state index contributed by atoms with van der Waals surface area (Å²) in [4.78, 5) is 21.4. The van der Waals surface area contributed by atoms with Gasteiger partial charge >= 0.3 is 5.97 Å². The summed E-state index contributed by atoms with van der Waals surface area (Å²) in [6.07, 6.45) is 11.9. The van der Waals surface area contributed by atoms with Crippen LogP contribution in [0.15, 0.2) is 22.9 Å². The smallest absolute Gasteiger partial charge is 0.307 e. The fraction of sp³-hybridized carbons (Fsp3) is 0.667. The molecule has 1 unspecified atom stereocenters. The van der Waals surface area contributed by atoms with Crippen molar-refractivity contribution in [1.29, 1.82) is 0 Å². The normalized spacial score (nSPS) is 16.4. The Morgan fingerprint density at radius 1 is 1.23 bits per heavy atom. The van der Waals surface area contributed by atoms with Crippen LogP contribution in [0.3, 0.4) is 0 Å². The quantitative estimate of drug-likeness (QED) is 0.493. The average molecular weight is 414 g/mol. The zero-order chi connectivity index (χ0) is 21.6. The molecule has 0 amide bonds. The summed E-state index contributed by atoms with van der Waals surface area (Å²) >= 11 is 0. The Bertz CT molecular complexity index is 802. The second-order valence-electron chi connectivity index (χ2n) is 9.57. The third-order valence-electron chi connectivity index (χ3n) is 5.68. The Hall–Kier alpha value is -2.24. The Labute approximate surface area is 179 Å². The summed E-state index contributed by atoms with van der Waals surface area (Å²) in [5, 5.41) is 4.14. The van der Waals surface area contributed by atoms with Gasteiger partial charge in [0.2, 0.25) is 11.7 Å². The van der Waals surface area contributed by atoms with Gasteiger partial charge in [0, 0.05) is 23.4 Å². The molecular weight excluding hydrogens is 378 g/mol. The van der Waals surface area contributed by atoms with Crippen molar-refractivity contribution in [3.8, 4) is 11.4 Å². The Kier molecular flexibility index (Phi) is 7.62. The van der Waals surface area contributed by atoms with Crippen LogP contribution in [-0.2, 0) is 9.53 Å². The number of aryl methyl sites for hydroxylation is 1. The maximum absolute atomic E-state index is 12.5. The lowest BCUT2D eigenvalue weighted by molar-refractivity contribution is -0.155. The molecule has 0 radical (unpaired) electrons. The fourth-order valence-electron chi connectivity index (χ4n) is 4.14. The number of pyridine rings is 1. The fourth-order valence-corrected chi connectivity index (χ4v) is 4.14. The van der Waals surface area contributed by atoms with Crippen LogP contribution >= 0.6 is 0 Å². The molecule has 0 spiro atoms. The van der Waals surface area contributed by atoms with Crippen LogP contribution in [0.5, 0.6) is 0 Å². The number of esters is 1. The molecule has 1 fully saturated rings. The van der Waals surface area contributed by atoms with E-state index in [0.29, 0.717) is 11.7 Å². The third kappa shape index (κ3) is 6.92. The number of nitrogens with zero attached hydrogens (tertiary/aromatic N) is 3. The number of ether oxygens (including phenoxy) is 1. The van der Waals surface area contributed by atoms with Crippen LogP contribution in [0, 0.1) is 12.8 Å². The van der Waals surface area contributed by atoms with E-state index in [9.17, 15) is 4.79 Å².